The van der Waals surface area contributed by atoms with Crippen LogP contribution in [-0.4, -0.2) is 52.9 Å². The largest absolute Gasteiger partial charge is 0.368 e. The third kappa shape index (κ3) is 3.78. The highest BCUT2D eigenvalue weighted by Crippen LogP contribution is 2.21. The molecule has 0 bridgehead atoms. The Morgan fingerprint density at radius 2 is 2.14 bits per heavy atom. The normalized spacial score (nSPS) is 15.1. The van der Waals surface area contributed by atoms with Crippen LogP contribution in [0.5, 0.6) is 0 Å². The highest BCUT2D eigenvalue weighted by molar-refractivity contribution is 8.01. The van der Waals surface area contributed by atoms with Gasteiger partial charge in [-0.25, -0.2) is 0 Å². The van der Waals surface area contributed by atoms with Gasteiger partial charge in [-0.2, -0.15) is 0 Å². The van der Waals surface area contributed by atoms with Crippen molar-refractivity contribution in [2.75, 3.05) is 36.8 Å². The van der Waals surface area contributed by atoms with Gasteiger partial charge in [0.2, 0.25) is 5.91 Å². The number of hydrogen-bond donors (Lipinski definition) is 0. The van der Waals surface area contributed by atoms with Gasteiger partial charge >= 0.3 is 0 Å². The van der Waals surface area contributed by atoms with Crippen molar-refractivity contribution in [1.82, 2.24) is 15.1 Å². The Bertz CT molecular complexity index is 624. The Hall–Kier alpha value is -1.60. The summed E-state index contributed by atoms with van der Waals surface area (Å²) in [6.07, 6.45) is 0. The van der Waals surface area contributed by atoms with Crippen LogP contribution in [0, 0.1) is 6.92 Å². The van der Waals surface area contributed by atoms with Crippen molar-refractivity contribution >= 4 is 34.7 Å². The average Bonchev–Trinajstić information content (AvgIpc) is 3.06. The highest BCUT2D eigenvalue weighted by atomic mass is 32.2. The quantitative estimate of drug-likeness (QED) is 0.803. The van der Waals surface area contributed by atoms with Crippen LogP contribution >= 0.6 is 23.1 Å². The van der Waals surface area contributed by atoms with Crippen LogP contribution in [0.1, 0.15) is 5.56 Å². The zero-order valence-electron chi connectivity index (χ0n) is 12.4. The van der Waals surface area contributed by atoms with E-state index in [2.05, 4.69) is 46.3 Å². The standard InChI is InChI=1S/C15H18N4OS2/c1-12-3-2-4-13(9-12)18-5-7-19(8-6-18)14(20)10-21-15-17-16-11-22-15/h2-4,9,11H,5-8,10H2,1H3. The lowest BCUT2D eigenvalue weighted by atomic mass is 10.2. The number of benzene rings is 1. The smallest absolute Gasteiger partial charge is 0.233 e. The van der Waals surface area contributed by atoms with E-state index in [1.54, 1.807) is 5.51 Å². The van der Waals surface area contributed by atoms with Crippen LogP contribution in [0.15, 0.2) is 34.1 Å². The molecule has 1 fully saturated rings. The molecule has 1 aliphatic heterocycles. The fourth-order valence-corrected chi connectivity index (χ4v) is 3.87. The molecule has 1 amide bonds. The van der Waals surface area contributed by atoms with Gasteiger partial charge in [0.15, 0.2) is 4.34 Å². The summed E-state index contributed by atoms with van der Waals surface area (Å²) in [5.74, 6) is 0.628. The molecule has 0 atom stereocenters. The second kappa shape index (κ2) is 7.11. The molecule has 5 nitrogen and oxygen atoms in total. The van der Waals surface area contributed by atoms with Crippen LogP contribution < -0.4 is 4.90 Å². The Labute approximate surface area is 138 Å². The molecule has 0 aliphatic carbocycles. The van der Waals surface area contributed by atoms with E-state index in [0.29, 0.717) is 5.75 Å². The zero-order chi connectivity index (χ0) is 15.4. The first-order valence-electron chi connectivity index (χ1n) is 7.21. The first kappa shape index (κ1) is 15.3. The molecular formula is C15H18N4OS2. The van der Waals surface area contributed by atoms with Crippen molar-refractivity contribution in [2.24, 2.45) is 0 Å². The summed E-state index contributed by atoms with van der Waals surface area (Å²) in [4.78, 5) is 16.5. The van der Waals surface area contributed by atoms with E-state index in [0.717, 1.165) is 30.5 Å². The number of piperazine rings is 1. The lowest BCUT2D eigenvalue weighted by molar-refractivity contribution is -0.128. The molecule has 0 saturated carbocycles. The van der Waals surface area contributed by atoms with Crippen LogP contribution in [0.25, 0.3) is 0 Å². The summed E-state index contributed by atoms with van der Waals surface area (Å²) in [7, 11) is 0. The van der Waals surface area contributed by atoms with Gasteiger partial charge < -0.3 is 9.80 Å². The molecule has 7 heteroatoms. The minimum atomic E-state index is 0.184. The Balaban J connectivity index is 1.49. The average molecular weight is 334 g/mol. The minimum Gasteiger partial charge on any atom is -0.368 e. The van der Waals surface area contributed by atoms with Gasteiger partial charge in [0.05, 0.1) is 5.75 Å². The predicted octanol–water partition coefficient (Wildman–Crippen LogP) is 2.29. The summed E-state index contributed by atoms with van der Waals surface area (Å²) in [5.41, 5.74) is 4.20. The number of carbonyl (C=O) groups excluding carboxylic acids is 1. The van der Waals surface area contributed by atoms with E-state index < -0.39 is 0 Å². The molecule has 1 aromatic carbocycles. The lowest BCUT2D eigenvalue weighted by Crippen LogP contribution is -2.49. The molecule has 3 rings (SSSR count). The Morgan fingerprint density at radius 1 is 1.32 bits per heavy atom. The van der Waals surface area contributed by atoms with Gasteiger partial charge in [-0.3, -0.25) is 4.79 Å². The van der Waals surface area contributed by atoms with Crippen molar-refractivity contribution in [1.29, 1.82) is 0 Å². The fraction of sp³-hybridized carbons (Fsp3) is 0.400. The number of rotatable bonds is 4. The maximum Gasteiger partial charge on any atom is 0.233 e. The van der Waals surface area contributed by atoms with Crippen molar-refractivity contribution in [3.63, 3.8) is 0 Å². The summed E-state index contributed by atoms with van der Waals surface area (Å²) in [6, 6.07) is 8.52. The summed E-state index contributed by atoms with van der Waals surface area (Å²) >= 11 is 2.94. The molecule has 116 valence electrons. The third-order valence-electron chi connectivity index (χ3n) is 3.66. The molecule has 1 aromatic heterocycles. The van der Waals surface area contributed by atoms with E-state index in [1.807, 2.05) is 4.90 Å². The molecule has 22 heavy (non-hydrogen) atoms. The first-order chi connectivity index (χ1) is 10.7. The fourth-order valence-electron chi connectivity index (χ4n) is 2.48. The SMILES string of the molecule is Cc1cccc(N2CCN(C(=O)CSc3nncs3)CC2)c1. The number of anilines is 1. The van der Waals surface area contributed by atoms with Gasteiger partial charge in [0, 0.05) is 31.9 Å². The minimum absolute atomic E-state index is 0.184. The van der Waals surface area contributed by atoms with Crippen LogP contribution in [-0.2, 0) is 4.79 Å². The number of amides is 1. The molecule has 1 saturated heterocycles. The van der Waals surface area contributed by atoms with E-state index in [4.69, 9.17) is 0 Å². The van der Waals surface area contributed by atoms with Gasteiger partial charge in [0.1, 0.15) is 5.51 Å². The van der Waals surface area contributed by atoms with Crippen molar-refractivity contribution in [3.05, 3.63) is 35.3 Å². The third-order valence-corrected chi connectivity index (χ3v) is 5.50. The monoisotopic (exact) mass is 334 g/mol. The summed E-state index contributed by atoms with van der Waals surface area (Å²) in [5, 5.41) is 7.73. The van der Waals surface area contributed by atoms with E-state index >= 15 is 0 Å². The number of nitrogens with zero attached hydrogens (tertiary/aromatic N) is 4. The van der Waals surface area contributed by atoms with Crippen LogP contribution in [0.2, 0.25) is 0 Å². The Morgan fingerprint density at radius 3 is 2.82 bits per heavy atom. The van der Waals surface area contributed by atoms with Gasteiger partial charge in [-0.1, -0.05) is 35.2 Å². The van der Waals surface area contributed by atoms with E-state index in [9.17, 15) is 4.79 Å². The van der Waals surface area contributed by atoms with Crippen LogP contribution in [0.4, 0.5) is 5.69 Å². The number of carbonyl (C=O) groups is 1. The lowest BCUT2D eigenvalue weighted by Gasteiger charge is -2.36. The first-order valence-corrected chi connectivity index (χ1v) is 9.07. The van der Waals surface area contributed by atoms with E-state index in [1.165, 1.54) is 34.3 Å². The maximum absolute atomic E-state index is 12.2. The molecule has 2 aromatic rings. The van der Waals surface area contributed by atoms with Crippen LogP contribution in [0.3, 0.4) is 0 Å². The van der Waals surface area contributed by atoms with Crippen molar-refractivity contribution in [2.45, 2.75) is 11.3 Å². The van der Waals surface area contributed by atoms with Gasteiger partial charge in [0.25, 0.3) is 0 Å². The van der Waals surface area contributed by atoms with Crippen molar-refractivity contribution in [3.8, 4) is 0 Å². The topological polar surface area (TPSA) is 49.3 Å². The molecule has 0 radical (unpaired) electrons. The van der Waals surface area contributed by atoms with Gasteiger partial charge in [-0.15, -0.1) is 10.2 Å². The summed E-state index contributed by atoms with van der Waals surface area (Å²) in [6.45, 7) is 5.44. The Kier molecular flexibility index (Phi) is 4.94. The molecule has 0 spiro atoms. The second-order valence-electron chi connectivity index (χ2n) is 5.20. The second-order valence-corrected chi connectivity index (χ2v) is 7.26. The summed E-state index contributed by atoms with van der Waals surface area (Å²) < 4.78 is 0.853. The molecular weight excluding hydrogens is 316 g/mol. The molecule has 2 heterocycles. The highest BCUT2D eigenvalue weighted by Gasteiger charge is 2.21. The number of aromatic nitrogens is 2. The molecule has 1 aliphatic rings. The zero-order valence-corrected chi connectivity index (χ0v) is 14.1. The predicted molar refractivity (Wildman–Crippen MR) is 90.6 cm³/mol. The number of aryl methyl sites for hydroxylation is 1. The number of hydrogen-bond acceptors (Lipinski definition) is 6. The molecule has 0 N–H and O–H groups in total. The van der Waals surface area contributed by atoms with Crippen molar-refractivity contribution < 1.29 is 4.79 Å². The maximum atomic E-state index is 12.2. The van der Waals surface area contributed by atoms with E-state index in [-0.39, 0.29) is 5.91 Å². The number of thioether (sulfide) groups is 1. The molecule has 0 unspecified atom stereocenters. The van der Waals surface area contributed by atoms with Gasteiger partial charge in [-0.05, 0) is 24.6 Å².